The number of hydrogen-bond donors (Lipinski definition) is 2. The molecule has 9 heteroatoms. The number of sulfonamides is 1. The summed E-state index contributed by atoms with van der Waals surface area (Å²) in [5.74, 6) is 0. The zero-order valence-corrected chi connectivity index (χ0v) is 11.8. The van der Waals surface area contributed by atoms with Gasteiger partial charge < -0.3 is 10.5 Å². The van der Waals surface area contributed by atoms with E-state index in [0.29, 0.717) is 19.4 Å². The van der Waals surface area contributed by atoms with Gasteiger partial charge in [-0.1, -0.05) is 11.3 Å². The molecule has 0 aromatic carbocycles. The fourth-order valence-corrected chi connectivity index (χ4v) is 4.00. The van der Waals surface area contributed by atoms with E-state index < -0.39 is 10.0 Å². The van der Waals surface area contributed by atoms with Crippen LogP contribution in [-0.4, -0.2) is 36.9 Å². The number of nitrogen functional groups attached to an aromatic ring is 1. The van der Waals surface area contributed by atoms with Crippen molar-refractivity contribution >= 4 is 26.5 Å². The van der Waals surface area contributed by atoms with E-state index in [1.165, 1.54) is 0 Å². The molecule has 3 N–H and O–H groups in total. The monoisotopic (exact) mass is 292 g/mol. The van der Waals surface area contributed by atoms with Gasteiger partial charge in [-0.25, -0.2) is 13.1 Å². The molecule has 1 fully saturated rings. The Bertz CT molecular complexity index is 526. The van der Waals surface area contributed by atoms with Gasteiger partial charge in [0.1, 0.15) is 0 Å². The summed E-state index contributed by atoms with van der Waals surface area (Å²) < 4.78 is 32.1. The molecule has 7 nitrogen and oxygen atoms in total. The summed E-state index contributed by atoms with van der Waals surface area (Å²) in [5.41, 5.74) is 5.07. The molecule has 18 heavy (non-hydrogen) atoms. The summed E-state index contributed by atoms with van der Waals surface area (Å²) in [5, 5.41) is 7.20. The molecule has 1 unspecified atom stereocenters. The smallest absolute Gasteiger partial charge is 0.270 e. The van der Waals surface area contributed by atoms with Gasteiger partial charge in [0.15, 0.2) is 0 Å². The van der Waals surface area contributed by atoms with Crippen LogP contribution in [0.5, 0.6) is 0 Å². The van der Waals surface area contributed by atoms with E-state index in [9.17, 15) is 8.42 Å². The van der Waals surface area contributed by atoms with Crippen LogP contribution in [0, 0.1) is 0 Å². The molecule has 0 spiro atoms. The summed E-state index contributed by atoms with van der Waals surface area (Å²) in [6.45, 7) is 4.42. The molecular formula is C9H16N4O3S2. The molecule has 1 aromatic rings. The second-order valence-corrected chi connectivity index (χ2v) is 7.72. The van der Waals surface area contributed by atoms with Crippen LogP contribution >= 0.6 is 11.3 Å². The average molecular weight is 292 g/mol. The number of nitrogens with two attached hydrogens (primary N) is 1. The molecule has 1 aliphatic heterocycles. The first-order valence-electron chi connectivity index (χ1n) is 5.54. The van der Waals surface area contributed by atoms with Gasteiger partial charge in [0.2, 0.25) is 9.47 Å². The van der Waals surface area contributed by atoms with Crippen molar-refractivity contribution in [3.8, 4) is 0 Å². The first-order valence-corrected chi connectivity index (χ1v) is 7.84. The molecule has 0 bridgehead atoms. The topological polar surface area (TPSA) is 107 Å². The van der Waals surface area contributed by atoms with Crippen LogP contribution in [0.25, 0.3) is 0 Å². The molecule has 1 aromatic heterocycles. The Morgan fingerprint density at radius 1 is 1.50 bits per heavy atom. The highest BCUT2D eigenvalue weighted by Crippen LogP contribution is 2.25. The lowest BCUT2D eigenvalue weighted by atomic mass is 9.95. The molecule has 0 radical (unpaired) electrons. The summed E-state index contributed by atoms with van der Waals surface area (Å²) in [6, 6.07) is -0.149. The first kappa shape index (κ1) is 13.7. The lowest BCUT2D eigenvalue weighted by molar-refractivity contribution is -0.0599. The SMILES string of the molecule is CC1(C)CC(NS(=O)(=O)c2nnc(N)s2)CCO1. The van der Waals surface area contributed by atoms with Gasteiger partial charge in [0.25, 0.3) is 10.0 Å². The third-order valence-corrected chi connectivity index (χ3v) is 5.31. The lowest BCUT2D eigenvalue weighted by Gasteiger charge is -2.35. The number of ether oxygens (including phenoxy) is 1. The Hall–Kier alpha value is -0.770. The molecule has 102 valence electrons. The van der Waals surface area contributed by atoms with Gasteiger partial charge >= 0.3 is 0 Å². The Morgan fingerprint density at radius 2 is 2.22 bits per heavy atom. The van der Waals surface area contributed by atoms with Gasteiger partial charge in [-0.3, -0.25) is 0 Å². The second-order valence-electron chi connectivity index (χ2n) is 4.83. The Balaban J connectivity index is 2.09. The third kappa shape index (κ3) is 3.16. The first-order chi connectivity index (χ1) is 8.28. The Kier molecular flexibility index (Phi) is 3.58. The van der Waals surface area contributed by atoms with Crippen molar-refractivity contribution in [1.29, 1.82) is 0 Å². The van der Waals surface area contributed by atoms with Crippen LogP contribution in [0.1, 0.15) is 26.7 Å². The van der Waals surface area contributed by atoms with Gasteiger partial charge in [-0.15, -0.1) is 10.2 Å². The average Bonchev–Trinajstić information content (AvgIpc) is 2.63. The van der Waals surface area contributed by atoms with Crippen LogP contribution in [0.2, 0.25) is 0 Å². The fraction of sp³-hybridized carbons (Fsp3) is 0.778. The van der Waals surface area contributed by atoms with E-state index in [2.05, 4.69) is 14.9 Å². The summed E-state index contributed by atoms with van der Waals surface area (Å²) in [7, 11) is -3.63. The largest absolute Gasteiger partial charge is 0.375 e. The molecule has 2 rings (SSSR count). The van der Waals surface area contributed by atoms with Crippen LogP contribution in [0.3, 0.4) is 0 Å². The second kappa shape index (κ2) is 4.72. The van der Waals surface area contributed by atoms with Crippen molar-refractivity contribution < 1.29 is 13.2 Å². The van der Waals surface area contributed by atoms with Crippen molar-refractivity contribution in [2.24, 2.45) is 0 Å². The minimum Gasteiger partial charge on any atom is -0.375 e. The van der Waals surface area contributed by atoms with Crippen molar-refractivity contribution in [2.75, 3.05) is 12.3 Å². The van der Waals surface area contributed by atoms with Gasteiger partial charge in [-0.2, -0.15) is 0 Å². The lowest BCUT2D eigenvalue weighted by Crippen LogP contribution is -2.45. The summed E-state index contributed by atoms with van der Waals surface area (Å²) in [6.07, 6.45) is 1.28. The van der Waals surface area contributed by atoms with Gasteiger partial charge in [0, 0.05) is 12.6 Å². The van der Waals surface area contributed by atoms with Crippen molar-refractivity contribution in [3.05, 3.63) is 0 Å². The maximum atomic E-state index is 12.0. The highest BCUT2D eigenvalue weighted by Gasteiger charge is 2.32. The van der Waals surface area contributed by atoms with Crippen LogP contribution in [-0.2, 0) is 14.8 Å². The summed E-state index contributed by atoms with van der Waals surface area (Å²) in [4.78, 5) is 0. The minimum absolute atomic E-state index is 0.0932. The van der Waals surface area contributed by atoms with Crippen LogP contribution in [0.15, 0.2) is 4.34 Å². The normalized spacial score (nSPS) is 24.0. The number of nitrogens with one attached hydrogen (secondary N) is 1. The van der Waals surface area contributed by atoms with Crippen LogP contribution < -0.4 is 10.5 Å². The van der Waals surface area contributed by atoms with Crippen molar-refractivity contribution in [3.63, 3.8) is 0 Å². The molecule has 2 heterocycles. The molecule has 1 saturated heterocycles. The van der Waals surface area contributed by atoms with E-state index in [1.54, 1.807) is 0 Å². The van der Waals surface area contributed by atoms with Gasteiger partial charge in [0.05, 0.1) is 5.60 Å². The zero-order chi connectivity index (χ0) is 13.4. The number of anilines is 1. The number of rotatable bonds is 3. The van der Waals surface area contributed by atoms with Crippen molar-refractivity contribution in [2.45, 2.75) is 42.7 Å². The number of aromatic nitrogens is 2. The standard InChI is InChI=1S/C9H16N4O3S2/c1-9(2)5-6(3-4-16-9)13-18(14,15)8-12-11-7(10)17-8/h6,13H,3-5H2,1-2H3,(H2,10,11). The molecule has 0 amide bonds. The van der Waals surface area contributed by atoms with E-state index in [0.717, 1.165) is 11.3 Å². The molecule has 1 aliphatic rings. The molecule has 0 saturated carbocycles. The maximum absolute atomic E-state index is 12.0. The predicted octanol–water partition coefficient (Wildman–Crippen LogP) is 0.356. The predicted molar refractivity (Wildman–Crippen MR) is 67.7 cm³/mol. The highest BCUT2D eigenvalue weighted by molar-refractivity contribution is 7.91. The minimum atomic E-state index is -3.63. The summed E-state index contributed by atoms with van der Waals surface area (Å²) >= 11 is 0.857. The highest BCUT2D eigenvalue weighted by atomic mass is 32.2. The van der Waals surface area contributed by atoms with E-state index in [4.69, 9.17) is 10.5 Å². The van der Waals surface area contributed by atoms with Crippen LogP contribution in [0.4, 0.5) is 5.13 Å². The van der Waals surface area contributed by atoms with E-state index in [-0.39, 0.29) is 21.1 Å². The molecule has 1 atom stereocenters. The number of nitrogens with zero attached hydrogens (tertiary/aromatic N) is 2. The Morgan fingerprint density at radius 3 is 2.78 bits per heavy atom. The van der Waals surface area contributed by atoms with E-state index in [1.807, 2.05) is 13.8 Å². The molecule has 0 aliphatic carbocycles. The maximum Gasteiger partial charge on any atom is 0.270 e. The van der Waals surface area contributed by atoms with E-state index >= 15 is 0 Å². The fourth-order valence-electron chi connectivity index (χ4n) is 1.93. The molecular weight excluding hydrogens is 276 g/mol. The van der Waals surface area contributed by atoms with Gasteiger partial charge in [-0.05, 0) is 26.7 Å². The number of hydrogen-bond acceptors (Lipinski definition) is 7. The zero-order valence-electron chi connectivity index (χ0n) is 10.2. The quantitative estimate of drug-likeness (QED) is 0.832. The third-order valence-electron chi connectivity index (χ3n) is 2.67. The van der Waals surface area contributed by atoms with Crippen molar-refractivity contribution in [1.82, 2.24) is 14.9 Å². The Labute approximate surface area is 110 Å².